The molecule has 2 aromatic rings. The van der Waals surface area contributed by atoms with Crippen LogP contribution in [0.3, 0.4) is 0 Å². The lowest BCUT2D eigenvalue weighted by atomic mass is 10.1. The molecule has 8 heteroatoms. The Morgan fingerprint density at radius 2 is 1.92 bits per heavy atom. The van der Waals surface area contributed by atoms with Crippen LogP contribution in [-0.4, -0.2) is 17.8 Å². The zero-order valence-electron chi connectivity index (χ0n) is 12.9. The van der Waals surface area contributed by atoms with Crippen LogP contribution in [0.15, 0.2) is 36.4 Å². The third kappa shape index (κ3) is 2.95. The number of ether oxygens (including phenoxy) is 1. The molecule has 2 aromatic carbocycles. The van der Waals surface area contributed by atoms with Crippen LogP contribution in [0.2, 0.25) is 0 Å². The third-order valence-corrected chi connectivity index (χ3v) is 3.69. The summed E-state index contributed by atoms with van der Waals surface area (Å²) in [4.78, 5) is 24.1. The second-order valence-electron chi connectivity index (χ2n) is 5.47. The highest BCUT2D eigenvalue weighted by Crippen LogP contribution is 2.44. The largest absolute Gasteiger partial charge is 0.483 e. The molecule has 0 spiro atoms. The summed E-state index contributed by atoms with van der Waals surface area (Å²) in [6.07, 6.45) is -4.28. The standard InChI is InChI=1S/C17H11F4NO3/c1-9(23)12-5-6-13(19)14-15(12)25-17(20,21)16(24)22(14)8-10-3-2-4-11(18)7-10/h2-7H,8H2,1H3. The highest BCUT2D eigenvalue weighted by Gasteiger charge is 2.52. The van der Waals surface area contributed by atoms with Crippen molar-refractivity contribution in [3.63, 3.8) is 0 Å². The molecule has 0 radical (unpaired) electrons. The highest BCUT2D eigenvalue weighted by atomic mass is 19.3. The topological polar surface area (TPSA) is 46.6 Å². The second kappa shape index (κ2) is 5.87. The summed E-state index contributed by atoms with van der Waals surface area (Å²) in [7, 11) is 0. The monoisotopic (exact) mass is 353 g/mol. The number of halogens is 4. The van der Waals surface area contributed by atoms with Gasteiger partial charge in [0.2, 0.25) is 0 Å². The number of hydrogen-bond donors (Lipinski definition) is 0. The number of Topliss-reactive ketones (excluding diaryl/α,β-unsaturated/α-hetero) is 1. The Balaban J connectivity index is 2.17. The van der Waals surface area contributed by atoms with Crippen molar-refractivity contribution < 1.29 is 31.9 Å². The average Bonchev–Trinajstić information content (AvgIpc) is 2.51. The van der Waals surface area contributed by atoms with Gasteiger partial charge in [0.25, 0.3) is 0 Å². The molecule has 0 saturated carbocycles. The zero-order chi connectivity index (χ0) is 18.4. The Hall–Kier alpha value is -2.90. The van der Waals surface area contributed by atoms with Crippen molar-refractivity contribution >= 4 is 17.4 Å². The van der Waals surface area contributed by atoms with E-state index in [1.54, 1.807) is 0 Å². The molecule has 0 unspecified atom stereocenters. The number of ketones is 1. The molecule has 1 amide bonds. The molecule has 0 N–H and O–H groups in total. The van der Waals surface area contributed by atoms with Crippen LogP contribution in [0.25, 0.3) is 0 Å². The van der Waals surface area contributed by atoms with Gasteiger partial charge in [-0.15, -0.1) is 0 Å². The van der Waals surface area contributed by atoms with Crippen molar-refractivity contribution in [3.05, 3.63) is 59.2 Å². The van der Waals surface area contributed by atoms with E-state index in [2.05, 4.69) is 4.74 Å². The molecular formula is C17H11F4NO3. The number of carbonyl (C=O) groups excluding carboxylic acids is 2. The van der Waals surface area contributed by atoms with Crippen molar-refractivity contribution in [2.75, 3.05) is 4.90 Å². The summed E-state index contributed by atoms with van der Waals surface area (Å²) >= 11 is 0. The minimum atomic E-state index is -4.28. The van der Waals surface area contributed by atoms with Gasteiger partial charge in [-0.3, -0.25) is 14.5 Å². The minimum absolute atomic E-state index is 0.171. The Labute approximate surface area is 139 Å². The van der Waals surface area contributed by atoms with Crippen LogP contribution in [-0.2, 0) is 11.3 Å². The maximum Gasteiger partial charge on any atom is 0.483 e. The first-order valence-electron chi connectivity index (χ1n) is 7.17. The molecular weight excluding hydrogens is 342 g/mol. The molecule has 1 aliphatic heterocycles. The van der Waals surface area contributed by atoms with Gasteiger partial charge in [0.05, 0.1) is 12.1 Å². The van der Waals surface area contributed by atoms with E-state index in [9.17, 15) is 27.2 Å². The van der Waals surface area contributed by atoms with Crippen LogP contribution in [0.5, 0.6) is 5.75 Å². The Morgan fingerprint density at radius 3 is 2.56 bits per heavy atom. The number of fused-ring (bicyclic) bond motifs is 1. The fourth-order valence-electron chi connectivity index (χ4n) is 2.58. The van der Waals surface area contributed by atoms with Crippen molar-refractivity contribution in [1.29, 1.82) is 0 Å². The fourth-order valence-corrected chi connectivity index (χ4v) is 2.58. The van der Waals surface area contributed by atoms with Gasteiger partial charge >= 0.3 is 12.0 Å². The number of hydrogen-bond acceptors (Lipinski definition) is 3. The lowest BCUT2D eigenvalue weighted by molar-refractivity contribution is -0.193. The van der Waals surface area contributed by atoms with Crippen molar-refractivity contribution in [3.8, 4) is 5.75 Å². The number of carbonyl (C=O) groups is 2. The van der Waals surface area contributed by atoms with Crippen LogP contribution in [0.4, 0.5) is 23.2 Å². The number of amides is 1. The van der Waals surface area contributed by atoms with Gasteiger partial charge in [-0.05, 0) is 36.8 Å². The lowest BCUT2D eigenvalue weighted by Crippen LogP contribution is -2.51. The summed E-state index contributed by atoms with van der Waals surface area (Å²) in [5, 5.41) is 0. The van der Waals surface area contributed by atoms with E-state index in [0.29, 0.717) is 4.90 Å². The van der Waals surface area contributed by atoms with Crippen LogP contribution in [0.1, 0.15) is 22.8 Å². The summed E-state index contributed by atoms with van der Waals surface area (Å²) in [5.74, 6) is -4.80. The molecule has 3 rings (SSSR count). The smallest absolute Gasteiger partial charge is 0.422 e. The van der Waals surface area contributed by atoms with Gasteiger partial charge in [-0.2, -0.15) is 8.78 Å². The van der Waals surface area contributed by atoms with Gasteiger partial charge in [0.1, 0.15) is 11.5 Å². The number of benzene rings is 2. The fraction of sp³-hybridized carbons (Fsp3) is 0.176. The van der Waals surface area contributed by atoms with Crippen LogP contribution >= 0.6 is 0 Å². The van der Waals surface area contributed by atoms with E-state index in [1.807, 2.05) is 0 Å². The Morgan fingerprint density at radius 1 is 1.20 bits per heavy atom. The van der Waals surface area contributed by atoms with Crippen molar-refractivity contribution in [2.45, 2.75) is 19.6 Å². The van der Waals surface area contributed by atoms with Gasteiger partial charge < -0.3 is 4.74 Å². The van der Waals surface area contributed by atoms with E-state index < -0.39 is 47.4 Å². The third-order valence-electron chi connectivity index (χ3n) is 3.69. The molecule has 25 heavy (non-hydrogen) atoms. The molecule has 4 nitrogen and oxygen atoms in total. The first kappa shape index (κ1) is 16.9. The summed E-state index contributed by atoms with van der Waals surface area (Å²) in [6, 6.07) is 6.79. The molecule has 0 fully saturated rings. The lowest BCUT2D eigenvalue weighted by Gasteiger charge is -2.34. The quantitative estimate of drug-likeness (QED) is 0.625. The summed E-state index contributed by atoms with van der Waals surface area (Å²) < 4.78 is 59.9. The number of rotatable bonds is 3. The predicted octanol–water partition coefficient (Wildman–Crippen LogP) is 3.69. The maximum atomic E-state index is 14.3. The zero-order valence-corrected chi connectivity index (χ0v) is 12.9. The average molecular weight is 353 g/mol. The molecule has 1 heterocycles. The first-order chi connectivity index (χ1) is 11.7. The van der Waals surface area contributed by atoms with E-state index in [-0.39, 0.29) is 11.1 Å². The van der Waals surface area contributed by atoms with Crippen molar-refractivity contribution in [2.24, 2.45) is 0 Å². The first-order valence-corrected chi connectivity index (χ1v) is 7.17. The maximum absolute atomic E-state index is 14.3. The Bertz CT molecular complexity index is 882. The molecule has 0 atom stereocenters. The van der Waals surface area contributed by atoms with E-state index >= 15 is 0 Å². The predicted molar refractivity (Wildman–Crippen MR) is 79.6 cm³/mol. The molecule has 0 saturated heterocycles. The van der Waals surface area contributed by atoms with Crippen LogP contribution < -0.4 is 9.64 Å². The second-order valence-corrected chi connectivity index (χ2v) is 5.47. The Kier molecular flexibility index (Phi) is 3.98. The highest BCUT2D eigenvalue weighted by molar-refractivity contribution is 6.05. The van der Waals surface area contributed by atoms with Gasteiger partial charge in [-0.1, -0.05) is 12.1 Å². The summed E-state index contributed by atoms with van der Waals surface area (Å²) in [5.41, 5.74) is -0.690. The minimum Gasteiger partial charge on any atom is -0.422 e. The van der Waals surface area contributed by atoms with Crippen LogP contribution in [0, 0.1) is 11.6 Å². The molecule has 130 valence electrons. The van der Waals surface area contributed by atoms with E-state index in [1.165, 1.54) is 12.1 Å². The summed E-state index contributed by atoms with van der Waals surface area (Å²) in [6.45, 7) is 0.586. The number of nitrogens with zero attached hydrogens (tertiary/aromatic N) is 1. The molecule has 0 aromatic heterocycles. The van der Waals surface area contributed by atoms with E-state index in [4.69, 9.17) is 0 Å². The van der Waals surface area contributed by atoms with Gasteiger partial charge in [0.15, 0.2) is 17.3 Å². The van der Waals surface area contributed by atoms with Crippen molar-refractivity contribution in [1.82, 2.24) is 0 Å². The normalized spacial score (nSPS) is 15.6. The SMILES string of the molecule is CC(=O)c1ccc(F)c2c1OC(F)(F)C(=O)N2Cc1cccc(F)c1. The molecule has 0 bridgehead atoms. The van der Waals surface area contributed by atoms with E-state index in [0.717, 1.165) is 31.2 Å². The number of alkyl halides is 2. The van der Waals surface area contributed by atoms with Gasteiger partial charge in [0, 0.05) is 0 Å². The molecule has 0 aliphatic carbocycles. The molecule has 1 aliphatic rings. The van der Waals surface area contributed by atoms with Gasteiger partial charge in [-0.25, -0.2) is 8.78 Å². The number of anilines is 1.